The molecule has 2 aromatic rings. The number of hydrogen-bond acceptors (Lipinski definition) is 5. The Balaban J connectivity index is 2.34. The van der Waals surface area contributed by atoms with Crippen LogP contribution in [-0.4, -0.2) is 29.7 Å². The second-order valence-electron chi connectivity index (χ2n) is 6.55. The number of methoxy groups -OCH3 is 1. The molecule has 154 valence electrons. The van der Waals surface area contributed by atoms with Crippen molar-refractivity contribution < 1.29 is 21.6 Å². The molecule has 0 aliphatic carbocycles. The van der Waals surface area contributed by atoms with Gasteiger partial charge >= 0.3 is 0 Å². The Morgan fingerprint density at radius 3 is 2.29 bits per heavy atom. The van der Waals surface area contributed by atoms with Crippen LogP contribution in [0.25, 0.3) is 0 Å². The number of rotatable bonds is 9. The molecule has 0 aliphatic rings. The van der Waals surface area contributed by atoms with Gasteiger partial charge in [0.1, 0.15) is 5.75 Å². The highest BCUT2D eigenvalue weighted by Crippen LogP contribution is 2.30. The first-order valence-electron chi connectivity index (χ1n) is 8.50. The van der Waals surface area contributed by atoms with Crippen molar-refractivity contribution in [1.82, 2.24) is 0 Å². The molecule has 0 aliphatic heterocycles. The molecule has 2 rings (SSSR count). The van der Waals surface area contributed by atoms with E-state index in [2.05, 4.69) is 9.44 Å². The van der Waals surface area contributed by atoms with Crippen molar-refractivity contribution in [1.29, 1.82) is 0 Å². The highest BCUT2D eigenvalue weighted by Gasteiger charge is 2.20. The maximum Gasteiger partial charge on any atom is 0.262 e. The van der Waals surface area contributed by atoms with E-state index in [9.17, 15) is 16.8 Å². The van der Waals surface area contributed by atoms with Gasteiger partial charge in [0.15, 0.2) is 0 Å². The van der Waals surface area contributed by atoms with Crippen molar-refractivity contribution in [3.05, 3.63) is 47.5 Å². The van der Waals surface area contributed by atoms with Crippen molar-refractivity contribution >= 4 is 43.0 Å². The first-order chi connectivity index (χ1) is 13.0. The van der Waals surface area contributed by atoms with E-state index in [1.54, 1.807) is 18.2 Å². The van der Waals surface area contributed by atoms with E-state index in [1.807, 2.05) is 13.8 Å². The van der Waals surface area contributed by atoms with Gasteiger partial charge in [0.05, 0.1) is 34.2 Å². The predicted octanol–water partition coefficient (Wildman–Crippen LogP) is 3.94. The van der Waals surface area contributed by atoms with Gasteiger partial charge in [-0.1, -0.05) is 37.6 Å². The molecule has 28 heavy (non-hydrogen) atoms. The molecule has 0 bridgehead atoms. The van der Waals surface area contributed by atoms with Crippen LogP contribution in [0.4, 0.5) is 11.4 Å². The quantitative estimate of drug-likeness (QED) is 0.607. The van der Waals surface area contributed by atoms with Crippen molar-refractivity contribution in [3.8, 4) is 5.75 Å². The van der Waals surface area contributed by atoms with Gasteiger partial charge in [-0.3, -0.25) is 9.44 Å². The summed E-state index contributed by atoms with van der Waals surface area (Å²) in [7, 11) is -6.27. The topological polar surface area (TPSA) is 102 Å². The van der Waals surface area contributed by atoms with E-state index < -0.39 is 20.0 Å². The molecular weight excluding hydrogens is 424 g/mol. The Bertz CT molecular complexity index is 1040. The number of sulfonamides is 2. The SMILES string of the molecule is COc1ccc(S(=O)(=O)Nc2ccccc2Cl)cc1NS(=O)(=O)CCC(C)C. The van der Waals surface area contributed by atoms with Crippen LogP contribution in [-0.2, 0) is 20.0 Å². The molecule has 0 spiro atoms. The molecule has 0 saturated heterocycles. The Morgan fingerprint density at radius 1 is 1.00 bits per heavy atom. The first kappa shape index (κ1) is 22.3. The van der Waals surface area contributed by atoms with Gasteiger partial charge in [0.2, 0.25) is 10.0 Å². The van der Waals surface area contributed by atoms with E-state index in [0.717, 1.165) is 0 Å². The van der Waals surface area contributed by atoms with Gasteiger partial charge in [0.25, 0.3) is 10.0 Å². The van der Waals surface area contributed by atoms with E-state index in [-0.39, 0.29) is 38.7 Å². The summed E-state index contributed by atoms with van der Waals surface area (Å²) in [6.45, 7) is 3.84. The minimum absolute atomic E-state index is 0.0493. The predicted molar refractivity (Wildman–Crippen MR) is 112 cm³/mol. The van der Waals surface area contributed by atoms with Gasteiger partial charge in [-0.25, -0.2) is 16.8 Å². The third kappa shape index (κ3) is 6.02. The molecule has 0 amide bonds. The standard InChI is InChI=1S/C18H23ClN2O5S2/c1-13(2)10-11-27(22,23)20-17-12-14(8-9-18(17)26-3)28(24,25)21-16-7-5-4-6-15(16)19/h4-9,12-13,20-21H,10-11H2,1-3H3. The normalized spacial score (nSPS) is 12.0. The van der Waals surface area contributed by atoms with Gasteiger partial charge in [-0.05, 0) is 42.7 Å². The summed E-state index contributed by atoms with van der Waals surface area (Å²) in [5.41, 5.74) is 0.271. The Hall–Kier alpha value is -1.97. The molecule has 0 aromatic heterocycles. The van der Waals surface area contributed by atoms with Crippen LogP contribution in [0.1, 0.15) is 20.3 Å². The minimum Gasteiger partial charge on any atom is -0.495 e. The number of benzene rings is 2. The summed E-state index contributed by atoms with van der Waals surface area (Å²) in [6, 6.07) is 10.3. The molecule has 2 aromatic carbocycles. The fourth-order valence-electron chi connectivity index (χ4n) is 2.29. The lowest BCUT2D eigenvalue weighted by molar-refractivity contribution is 0.416. The van der Waals surface area contributed by atoms with Crippen LogP contribution < -0.4 is 14.2 Å². The number of anilines is 2. The summed E-state index contributed by atoms with van der Waals surface area (Å²) in [5.74, 6) is 0.345. The molecule has 2 N–H and O–H groups in total. The molecule has 10 heteroatoms. The van der Waals surface area contributed by atoms with Gasteiger partial charge in [-0.2, -0.15) is 0 Å². The Labute approximate surface area is 171 Å². The van der Waals surface area contributed by atoms with Gasteiger partial charge in [0, 0.05) is 0 Å². The lowest BCUT2D eigenvalue weighted by Gasteiger charge is -2.15. The van der Waals surface area contributed by atoms with E-state index in [1.165, 1.54) is 31.4 Å². The van der Waals surface area contributed by atoms with Gasteiger partial charge < -0.3 is 4.74 Å². The Kier molecular flexibility index (Phi) is 7.19. The van der Waals surface area contributed by atoms with E-state index in [4.69, 9.17) is 16.3 Å². The number of halogens is 1. The largest absolute Gasteiger partial charge is 0.495 e. The Morgan fingerprint density at radius 2 is 1.68 bits per heavy atom. The molecule has 0 unspecified atom stereocenters. The van der Waals surface area contributed by atoms with Crippen molar-refractivity contribution in [2.75, 3.05) is 22.3 Å². The van der Waals surface area contributed by atoms with E-state index in [0.29, 0.717) is 6.42 Å². The number of ether oxygens (including phenoxy) is 1. The summed E-state index contributed by atoms with van der Waals surface area (Å²) >= 11 is 6.01. The third-order valence-corrected chi connectivity index (χ3v) is 6.83. The van der Waals surface area contributed by atoms with Crippen molar-refractivity contribution in [2.24, 2.45) is 5.92 Å². The number of para-hydroxylation sites is 1. The van der Waals surface area contributed by atoms with Crippen LogP contribution in [0.15, 0.2) is 47.4 Å². The van der Waals surface area contributed by atoms with Crippen LogP contribution in [0, 0.1) is 5.92 Å². The lowest BCUT2D eigenvalue weighted by atomic mass is 10.2. The molecule has 0 atom stereocenters. The molecule has 0 heterocycles. The molecule has 0 radical (unpaired) electrons. The third-order valence-electron chi connectivity index (χ3n) is 3.83. The average molecular weight is 447 g/mol. The average Bonchev–Trinajstić information content (AvgIpc) is 2.61. The number of nitrogens with one attached hydrogen (secondary N) is 2. The monoisotopic (exact) mass is 446 g/mol. The maximum absolute atomic E-state index is 12.7. The van der Waals surface area contributed by atoms with E-state index >= 15 is 0 Å². The summed E-state index contributed by atoms with van der Waals surface area (Å²) in [6.07, 6.45) is 0.476. The van der Waals surface area contributed by atoms with Gasteiger partial charge in [-0.15, -0.1) is 0 Å². The molecular formula is C18H23ClN2O5S2. The second-order valence-corrected chi connectivity index (χ2v) is 10.5. The zero-order chi connectivity index (χ0) is 20.9. The van der Waals surface area contributed by atoms with Crippen LogP contribution in [0.2, 0.25) is 5.02 Å². The highest BCUT2D eigenvalue weighted by molar-refractivity contribution is 7.93. The fraction of sp³-hybridized carbons (Fsp3) is 0.333. The number of hydrogen-bond donors (Lipinski definition) is 2. The zero-order valence-electron chi connectivity index (χ0n) is 15.8. The summed E-state index contributed by atoms with van der Waals surface area (Å²) in [4.78, 5) is -0.130. The fourth-order valence-corrected chi connectivity index (χ4v) is 5.01. The van der Waals surface area contributed by atoms with Crippen molar-refractivity contribution in [2.45, 2.75) is 25.2 Å². The zero-order valence-corrected chi connectivity index (χ0v) is 18.2. The van der Waals surface area contributed by atoms with Crippen LogP contribution in [0.3, 0.4) is 0 Å². The summed E-state index contributed by atoms with van der Waals surface area (Å²) < 4.78 is 60.0. The van der Waals surface area contributed by atoms with Crippen LogP contribution >= 0.6 is 11.6 Å². The molecule has 7 nitrogen and oxygen atoms in total. The maximum atomic E-state index is 12.7. The smallest absolute Gasteiger partial charge is 0.262 e. The van der Waals surface area contributed by atoms with Crippen molar-refractivity contribution in [3.63, 3.8) is 0 Å². The lowest BCUT2D eigenvalue weighted by Crippen LogP contribution is -2.19. The van der Waals surface area contributed by atoms with Crippen LogP contribution in [0.5, 0.6) is 5.75 Å². The molecule has 0 saturated carbocycles. The second kappa shape index (κ2) is 9.02. The highest BCUT2D eigenvalue weighted by atomic mass is 35.5. The molecule has 0 fully saturated rings. The first-order valence-corrected chi connectivity index (χ1v) is 12.0. The minimum atomic E-state index is -3.99. The summed E-state index contributed by atoms with van der Waals surface area (Å²) in [5, 5.41) is 0.245.